The minimum absolute atomic E-state index is 0.0466. The number of rotatable bonds is 3. The molecule has 0 heterocycles. The fraction of sp³-hybridized carbons (Fsp3) is 0.500. The molecule has 1 aliphatic carbocycles. The number of hydrogen-bond acceptors (Lipinski definition) is 1. The zero-order valence-corrected chi connectivity index (χ0v) is 8.42. The molecule has 3 heteroatoms. The highest BCUT2D eigenvalue weighted by Gasteiger charge is 2.18. The summed E-state index contributed by atoms with van der Waals surface area (Å²) in [5.74, 6) is 0. The van der Waals surface area contributed by atoms with Crippen molar-refractivity contribution in [2.45, 2.75) is 38.2 Å². The summed E-state index contributed by atoms with van der Waals surface area (Å²) in [6, 6.07) is 5.79. The van der Waals surface area contributed by atoms with E-state index in [1.54, 1.807) is 0 Å². The summed E-state index contributed by atoms with van der Waals surface area (Å²) >= 11 is 0. The van der Waals surface area contributed by atoms with E-state index in [1.807, 2.05) is 18.2 Å². The molecule has 0 saturated heterocycles. The largest absolute Gasteiger partial charge is 0.387 e. The van der Waals surface area contributed by atoms with Gasteiger partial charge in [0.25, 0.3) is 6.43 Å². The van der Waals surface area contributed by atoms with Crippen LogP contribution in [-0.4, -0.2) is 17.6 Å². The maximum Gasteiger partial charge on any atom is 0.264 e. The monoisotopic (exact) mass is 212 g/mol. The van der Waals surface area contributed by atoms with Gasteiger partial charge in [0.15, 0.2) is 0 Å². The Morgan fingerprint density at radius 2 is 1.93 bits per heavy atom. The first-order valence-electron chi connectivity index (χ1n) is 5.23. The first kappa shape index (κ1) is 10.6. The van der Waals surface area contributed by atoms with E-state index in [-0.39, 0.29) is 6.42 Å². The molecule has 2 rings (SSSR count). The van der Waals surface area contributed by atoms with E-state index in [9.17, 15) is 8.78 Å². The second-order valence-electron chi connectivity index (χ2n) is 4.06. The fourth-order valence-electron chi connectivity index (χ4n) is 2.08. The number of alkyl halides is 2. The number of aliphatic hydroxyl groups excluding tert-OH is 1. The van der Waals surface area contributed by atoms with Gasteiger partial charge < -0.3 is 5.11 Å². The number of aliphatic hydroxyl groups is 1. The van der Waals surface area contributed by atoms with E-state index in [1.165, 1.54) is 11.1 Å². The van der Waals surface area contributed by atoms with Crippen LogP contribution in [0.15, 0.2) is 18.2 Å². The van der Waals surface area contributed by atoms with Crippen LogP contribution in [0.25, 0.3) is 0 Å². The molecule has 0 aromatic heterocycles. The second-order valence-corrected chi connectivity index (χ2v) is 4.06. The Bertz CT molecular complexity index is 349. The maximum atomic E-state index is 12.1. The van der Waals surface area contributed by atoms with Crippen LogP contribution in [0.4, 0.5) is 8.78 Å². The van der Waals surface area contributed by atoms with Gasteiger partial charge in [-0.05, 0) is 36.0 Å². The summed E-state index contributed by atoms with van der Waals surface area (Å²) in [5, 5.41) is 9.08. The van der Waals surface area contributed by atoms with Crippen LogP contribution in [0.5, 0.6) is 0 Å². The molecule has 0 spiro atoms. The van der Waals surface area contributed by atoms with Gasteiger partial charge in [0.2, 0.25) is 0 Å². The lowest BCUT2D eigenvalue weighted by Crippen LogP contribution is -2.20. The summed E-state index contributed by atoms with van der Waals surface area (Å²) in [6.45, 7) is 0. The maximum absolute atomic E-state index is 12.1. The minimum Gasteiger partial charge on any atom is -0.387 e. The van der Waals surface area contributed by atoms with E-state index < -0.39 is 12.5 Å². The number of benzene rings is 1. The molecule has 1 aromatic carbocycles. The zero-order valence-electron chi connectivity index (χ0n) is 8.42. The summed E-state index contributed by atoms with van der Waals surface area (Å²) < 4.78 is 24.3. The van der Waals surface area contributed by atoms with Crippen molar-refractivity contribution in [2.75, 3.05) is 0 Å². The van der Waals surface area contributed by atoms with Crippen LogP contribution in [0.1, 0.15) is 23.1 Å². The van der Waals surface area contributed by atoms with Gasteiger partial charge in [-0.2, -0.15) is 0 Å². The molecule has 1 N–H and O–H groups in total. The molecule has 15 heavy (non-hydrogen) atoms. The molecule has 1 nitrogen and oxygen atoms in total. The summed E-state index contributed by atoms with van der Waals surface area (Å²) in [6.07, 6.45) is -0.870. The normalized spacial score (nSPS) is 16.8. The van der Waals surface area contributed by atoms with Gasteiger partial charge in [0.1, 0.15) is 6.10 Å². The van der Waals surface area contributed by atoms with Crippen molar-refractivity contribution >= 4 is 0 Å². The third-order valence-electron chi connectivity index (χ3n) is 2.90. The van der Waals surface area contributed by atoms with Gasteiger partial charge in [-0.1, -0.05) is 18.2 Å². The molecule has 0 radical (unpaired) electrons. The molecular formula is C12H14F2O. The number of aryl methyl sites for hydroxylation is 2. The molecule has 1 aromatic rings. The minimum atomic E-state index is -2.65. The third-order valence-corrected chi connectivity index (χ3v) is 2.90. The van der Waals surface area contributed by atoms with E-state index in [0.29, 0.717) is 0 Å². The smallest absolute Gasteiger partial charge is 0.264 e. The molecule has 0 fully saturated rings. The van der Waals surface area contributed by atoms with Crippen molar-refractivity contribution in [2.24, 2.45) is 0 Å². The highest BCUT2D eigenvalue weighted by Crippen LogP contribution is 2.23. The summed E-state index contributed by atoms with van der Waals surface area (Å²) in [5.41, 5.74) is 3.39. The van der Waals surface area contributed by atoms with Crippen molar-refractivity contribution in [3.05, 3.63) is 34.9 Å². The van der Waals surface area contributed by atoms with Gasteiger partial charge in [0.05, 0.1) is 0 Å². The van der Waals surface area contributed by atoms with Crippen molar-refractivity contribution in [3.63, 3.8) is 0 Å². The van der Waals surface area contributed by atoms with Crippen LogP contribution in [-0.2, 0) is 19.3 Å². The Hall–Kier alpha value is -0.960. The average Bonchev–Trinajstić information content (AvgIpc) is 2.64. The quantitative estimate of drug-likeness (QED) is 0.815. The Morgan fingerprint density at radius 3 is 2.67 bits per heavy atom. The Labute approximate surface area is 87.7 Å². The van der Waals surface area contributed by atoms with Gasteiger partial charge in [-0.15, -0.1) is 0 Å². The SMILES string of the molecule is OC(Cc1ccc2c(c1)CCC2)C(F)F. The zero-order chi connectivity index (χ0) is 10.8. The molecule has 1 aliphatic rings. The Morgan fingerprint density at radius 1 is 1.20 bits per heavy atom. The lowest BCUT2D eigenvalue weighted by Gasteiger charge is -2.10. The lowest BCUT2D eigenvalue weighted by molar-refractivity contribution is -0.00366. The standard InChI is InChI=1S/C12H14F2O/c13-12(14)11(15)7-8-4-5-9-2-1-3-10(9)6-8/h4-6,11-12,15H,1-3,7H2. The van der Waals surface area contributed by atoms with E-state index in [4.69, 9.17) is 5.11 Å². The van der Waals surface area contributed by atoms with Gasteiger partial charge in [0, 0.05) is 6.42 Å². The first-order valence-corrected chi connectivity index (χ1v) is 5.23. The van der Waals surface area contributed by atoms with Crippen LogP contribution >= 0.6 is 0 Å². The number of hydrogen-bond donors (Lipinski definition) is 1. The van der Waals surface area contributed by atoms with Gasteiger partial charge in [-0.3, -0.25) is 0 Å². The van der Waals surface area contributed by atoms with E-state index >= 15 is 0 Å². The third kappa shape index (κ3) is 2.34. The van der Waals surface area contributed by atoms with Crippen LogP contribution < -0.4 is 0 Å². The number of halogens is 2. The molecule has 0 bridgehead atoms. The summed E-state index contributed by atoms with van der Waals surface area (Å²) in [7, 11) is 0. The Balaban J connectivity index is 2.10. The molecular weight excluding hydrogens is 198 g/mol. The molecule has 0 amide bonds. The topological polar surface area (TPSA) is 20.2 Å². The van der Waals surface area contributed by atoms with Crippen LogP contribution in [0, 0.1) is 0 Å². The van der Waals surface area contributed by atoms with Crippen molar-refractivity contribution < 1.29 is 13.9 Å². The van der Waals surface area contributed by atoms with E-state index in [2.05, 4.69) is 0 Å². The molecule has 1 atom stereocenters. The highest BCUT2D eigenvalue weighted by molar-refractivity contribution is 5.35. The van der Waals surface area contributed by atoms with Gasteiger partial charge in [-0.25, -0.2) is 8.78 Å². The lowest BCUT2D eigenvalue weighted by atomic mass is 10.0. The molecule has 82 valence electrons. The second kappa shape index (κ2) is 4.27. The predicted octanol–water partition coefficient (Wildman–Crippen LogP) is 2.34. The number of fused-ring (bicyclic) bond motifs is 1. The fourth-order valence-corrected chi connectivity index (χ4v) is 2.08. The summed E-state index contributed by atoms with van der Waals surface area (Å²) in [4.78, 5) is 0. The molecule has 1 unspecified atom stereocenters. The highest BCUT2D eigenvalue weighted by atomic mass is 19.3. The predicted molar refractivity (Wildman–Crippen MR) is 54.2 cm³/mol. The van der Waals surface area contributed by atoms with Gasteiger partial charge >= 0.3 is 0 Å². The molecule has 0 saturated carbocycles. The van der Waals surface area contributed by atoms with Crippen molar-refractivity contribution in [3.8, 4) is 0 Å². The molecule has 0 aliphatic heterocycles. The average molecular weight is 212 g/mol. The van der Waals surface area contributed by atoms with Crippen molar-refractivity contribution in [1.82, 2.24) is 0 Å². The first-order chi connectivity index (χ1) is 7.16. The Kier molecular flexibility index (Phi) is 3.00. The van der Waals surface area contributed by atoms with Crippen LogP contribution in [0.2, 0.25) is 0 Å². The van der Waals surface area contributed by atoms with E-state index in [0.717, 1.165) is 24.8 Å². The van der Waals surface area contributed by atoms with Crippen LogP contribution in [0.3, 0.4) is 0 Å². The van der Waals surface area contributed by atoms with Crippen molar-refractivity contribution in [1.29, 1.82) is 0 Å².